The molecule has 0 radical (unpaired) electrons. The number of carbonyl (C=O) groups is 1. The first-order valence-corrected chi connectivity index (χ1v) is 8.45. The molecule has 3 aromatic rings. The predicted molar refractivity (Wildman–Crippen MR) is 95.4 cm³/mol. The van der Waals surface area contributed by atoms with E-state index in [1.807, 2.05) is 23.7 Å². The molecule has 7 nitrogen and oxygen atoms in total. The lowest BCUT2D eigenvalue weighted by atomic mass is 10.0. The first kappa shape index (κ1) is 15.6. The first-order chi connectivity index (χ1) is 12.2. The van der Waals surface area contributed by atoms with Crippen LogP contribution in [-0.4, -0.2) is 44.6 Å². The summed E-state index contributed by atoms with van der Waals surface area (Å²) in [5.74, 6) is 0.903. The van der Waals surface area contributed by atoms with Crippen LogP contribution in [0.25, 0.3) is 11.2 Å². The van der Waals surface area contributed by atoms with Crippen molar-refractivity contribution in [1.82, 2.24) is 24.8 Å². The zero-order valence-electron chi connectivity index (χ0n) is 14.1. The van der Waals surface area contributed by atoms with Crippen LogP contribution < -0.4 is 10.2 Å². The molecule has 0 atom stereocenters. The molecule has 1 N–H and O–H groups in total. The zero-order valence-corrected chi connectivity index (χ0v) is 14.1. The molecule has 1 saturated heterocycles. The van der Waals surface area contributed by atoms with Crippen LogP contribution in [0.4, 0.5) is 5.95 Å². The van der Waals surface area contributed by atoms with Crippen LogP contribution in [0.2, 0.25) is 0 Å². The molecule has 0 aliphatic carbocycles. The van der Waals surface area contributed by atoms with Gasteiger partial charge in [-0.1, -0.05) is 0 Å². The summed E-state index contributed by atoms with van der Waals surface area (Å²) in [6.45, 7) is 1.72. The largest absolute Gasteiger partial charge is 0.349 e. The Bertz CT molecular complexity index is 883. The molecule has 1 amide bonds. The molecule has 3 aromatic heterocycles. The highest BCUT2D eigenvalue weighted by Gasteiger charge is 2.24. The van der Waals surface area contributed by atoms with Crippen molar-refractivity contribution in [2.75, 3.05) is 18.0 Å². The number of hydrogen-bond acceptors (Lipinski definition) is 5. The highest BCUT2D eigenvalue weighted by Crippen LogP contribution is 2.22. The molecule has 0 saturated carbocycles. The van der Waals surface area contributed by atoms with Crippen molar-refractivity contribution in [1.29, 1.82) is 0 Å². The van der Waals surface area contributed by atoms with E-state index in [4.69, 9.17) is 4.98 Å². The molecule has 4 rings (SSSR count). The van der Waals surface area contributed by atoms with Gasteiger partial charge < -0.3 is 10.2 Å². The monoisotopic (exact) mass is 336 g/mol. The van der Waals surface area contributed by atoms with Gasteiger partial charge in [0.1, 0.15) is 5.52 Å². The van der Waals surface area contributed by atoms with Gasteiger partial charge in [0.05, 0.1) is 0 Å². The highest BCUT2D eigenvalue weighted by atomic mass is 16.1. The number of nitrogens with one attached hydrogen (secondary N) is 1. The number of piperidine rings is 1. The van der Waals surface area contributed by atoms with E-state index in [0.717, 1.165) is 43.0 Å². The summed E-state index contributed by atoms with van der Waals surface area (Å²) in [5.41, 5.74) is 2.46. The number of imidazole rings is 1. The molecule has 1 aliphatic rings. The summed E-state index contributed by atoms with van der Waals surface area (Å²) in [6.07, 6.45) is 6.85. The second-order valence-electron chi connectivity index (χ2n) is 6.29. The number of aryl methyl sites for hydroxylation is 1. The van der Waals surface area contributed by atoms with Crippen molar-refractivity contribution in [2.24, 2.45) is 7.05 Å². The van der Waals surface area contributed by atoms with Crippen molar-refractivity contribution in [3.8, 4) is 0 Å². The van der Waals surface area contributed by atoms with Gasteiger partial charge in [0.2, 0.25) is 5.95 Å². The summed E-state index contributed by atoms with van der Waals surface area (Å²) in [5, 5.41) is 3.12. The van der Waals surface area contributed by atoms with E-state index >= 15 is 0 Å². The maximum absolute atomic E-state index is 12.3. The van der Waals surface area contributed by atoms with Gasteiger partial charge in [0.25, 0.3) is 5.91 Å². The van der Waals surface area contributed by atoms with E-state index in [1.165, 1.54) is 0 Å². The molecule has 0 unspecified atom stereocenters. The van der Waals surface area contributed by atoms with E-state index in [1.54, 1.807) is 30.7 Å². The number of rotatable bonds is 3. The number of aromatic nitrogens is 4. The van der Waals surface area contributed by atoms with Crippen LogP contribution in [0.15, 0.2) is 42.9 Å². The second kappa shape index (κ2) is 6.51. The second-order valence-corrected chi connectivity index (χ2v) is 6.29. The Hall–Kier alpha value is -2.96. The summed E-state index contributed by atoms with van der Waals surface area (Å²) < 4.78 is 2.03. The fraction of sp³-hybridized carbons (Fsp3) is 0.333. The van der Waals surface area contributed by atoms with Crippen molar-refractivity contribution in [3.05, 3.63) is 48.4 Å². The number of anilines is 1. The van der Waals surface area contributed by atoms with Gasteiger partial charge >= 0.3 is 0 Å². The van der Waals surface area contributed by atoms with Gasteiger partial charge in [-0.2, -0.15) is 0 Å². The first-order valence-electron chi connectivity index (χ1n) is 8.45. The van der Waals surface area contributed by atoms with E-state index in [2.05, 4.69) is 20.2 Å². The number of pyridine rings is 2. The molecule has 1 aliphatic heterocycles. The molecule has 0 bridgehead atoms. The van der Waals surface area contributed by atoms with Gasteiger partial charge in [-0.3, -0.25) is 14.3 Å². The van der Waals surface area contributed by atoms with Gasteiger partial charge in [0, 0.05) is 50.3 Å². The van der Waals surface area contributed by atoms with Gasteiger partial charge in [-0.05, 0) is 37.1 Å². The number of carbonyl (C=O) groups excluding carboxylic acids is 1. The van der Waals surface area contributed by atoms with E-state index in [-0.39, 0.29) is 11.9 Å². The van der Waals surface area contributed by atoms with Crippen LogP contribution in [-0.2, 0) is 7.05 Å². The van der Waals surface area contributed by atoms with Crippen molar-refractivity contribution in [3.63, 3.8) is 0 Å². The lowest BCUT2D eigenvalue weighted by Gasteiger charge is -2.32. The van der Waals surface area contributed by atoms with Gasteiger partial charge in [0.15, 0.2) is 5.65 Å². The topological polar surface area (TPSA) is 75.9 Å². The fourth-order valence-electron chi connectivity index (χ4n) is 3.29. The standard InChI is InChI=1S/C18H20N6O/c1-23-16-15(3-2-8-20-16)22-18(23)24-11-6-14(7-12-24)21-17(25)13-4-9-19-10-5-13/h2-5,8-10,14H,6-7,11-12H2,1H3,(H,21,25). The Morgan fingerprint density at radius 1 is 1.16 bits per heavy atom. The Balaban J connectivity index is 1.41. The van der Waals surface area contributed by atoms with Crippen LogP contribution in [0, 0.1) is 0 Å². The quantitative estimate of drug-likeness (QED) is 0.789. The Labute approximate surface area is 145 Å². The average Bonchev–Trinajstić information content (AvgIpc) is 3.00. The van der Waals surface area contributed by atoms with Crippen LogP contribution >= 0.6 is 0 Å². The minimum absolute atomic E-state index is 0.0345. The predicted octanol–water partition coefficient (Wildman–Crippen LogP) is 1.76. The highest BCUT2D eigenvalue weighted by molar-refractivity contribution is 5.94. The van der Waals surface area contributed by atoms with E-state index < -0.39 is 0 Å². The van der Waals surface area contributed by atoms with Gasteiger partial charge in [-0.25, -0.2) is 9.97 Å². The summed E-state index contributed by atoms with van der Waals surface area (Å²) in [6, 6.07) is 7.53. The lowest BCUT2D eigenvalue weighted by molar-refractivity contribution is 0.0931. The van der Waals surface area contributed by atoms with Crippen molar-refractivity contribution >= 4 is 23.0 Å². The number of hydrogen-bond donors (Lipinski definition) is 1. The van der Waals surface area contributed by atoms with Crippen molar-refractivity contribution in [2.45, 2.75) is 18.9 Å². The Kier molecular flexibility index (Phi) is 4.05. The van der Waals surface area contributed by atoms with Crippen LogP contribution in [0.1, 0.15) is 23.2 Å². The molecule has 128 valence electrons. The molecular formula is C18H20N6O. The van der Waals surface area contributed by atoms with E-state index in [9.17, 15) is 4.79 Å². The average molecular weight is 336 g/mol. The fourth-order valence-corrected chi connectivity index (χ4v) is 3.29. The number of amides is 1. The normalized spacial score (nSPS) is 15.5. The summed E-state index contributed by atoms with van der Waals surface area (Å²) >= 11 is 0. The van der Waals surface area contributed by atoms with Gasteiger partial charge in [-0.15, -0.1) is 0 Å². The summed E-state index contributed by atoms with van der Waals surface area (Å²) in [4.78, 5) is 27.6. The molecule has 0 aromatic carbocycles. The molecule has 1 fully saturated rings. The van der Waals surface area contributed by atoms with E-state index in [0.29, 0.717) is 5.56 Å². The third-order valence-corrected chi connectivity index (χ3v) is 4.66. The molecule has 25 heavy (non-hydrogen) atoms. The zero-order chi connectivity index (χ0) is 17.2. The minimum Gasteiger partial charge on any atom is -0.349 e. The maximum Gasteiger partial charge on any atom is 0.251 e. The van der Waals surface area contributed by atoms with Crippen molar-refractivity contribution < 1.29 is 4.79 Å². The summed E-state index contributed by atoms with van der Waals surface area (Å²) in [7, 11) is 2.00. The third kappa shape index (κ3) is 3.05. The smallest absolute Gasteiger partial charge is 0.251 e. The lowest BCUT2D eigenvalue weighted by Crippen LogP contribution is -2.45. The Morgan fingerprint density at radius 2 is 1.92 bits per heavy atom. The molecule has 0 spiro atoms. The third-order valence-electron chi connectivity index (χ3n) is 4.66. The molecule has 4 heterocycles. The number of fused-ring (bicyclic) bond motifs is 1. The maximum atomic E-state index is 12.3. The SMILES string of the molecule is Cn1c(N2CCC(NC(=O)c3ccncc3)CC2)nc2cccnc21. The van der Waals surface area contributed by atoms with Crippen LogP contribution in [0.5, 0.6) is 0 Å². The number of nitrogens with zero attached hydrogens (tertiary/aromatic N) is 5. The van der Waals surface area contributed by atoms with Crippen LogP contribution in [0.3, 0.4) is 0 Å². The molecular weight excluding hydrogens is 316 g/mol. The Morgan fingerprint density at radius 3 is 2.64 bits per heavy atom. The minimum atomic E-state index is -0.0345. The molecule has 7 heteroatoms.